The minimum atomic E-state index is 0.538. The van der Waals surface area contributed by atoms with Gasteiger partial charge in [0, 0.05) is 24.1 Å². The number of methoxy groups -OCH3 is 1. The first-order valence-electron chi connectivity index (χ1n) is 10.3. The van der Waals surface area contributed by atoms with Gasteiger partial charge >= 0.3 is 0 Å². The zero-order chi connectivity index (χ0) is 23.5. The Labute approximate surface area is 191 Å². The van der Waals surface area contributed by atoms with Crippen LogP contribution >= 0.6 is 11.8 Å². The van der Waals surface area contributed by atoms with E-state index in [-0.39, 0.29) is 0 Å². The number of hydrogen-bond donors (Lipinski definition) is 1. The molecule has 0 amide bonds. The van der Waals surface area contributed by atoms with Gasteiger partial charge in [0.1, 0.15) is 11.6 Å². The predicted octanol–water partition coefficient (Wildman–Crippen LogP) is 5.75. The van der Waals surface area contributed by atoms with Crippen LogP contribution in [-0.4, -0.2) is 41.0 Å². The highest BCUT2D eigenvalue weighted by Gasteiger charge is 2.05. The van der Waals surface area contributed by atoms with Gasteiger partial charge in [-0.1, -0.05) is 33.4 Å². The largest absolute Gasteiger partial charge is 0.499 e. The van der Waals surface area contributed by atoms with Gasteiger partial charge in [0.15, 0.2) is 5.65 Å². The number of nitrogens with zero attached hydrogens (tertiary/aromatic N) is 4. The molecule has 0 atom stereocenters. The molecule has 0 saturated heterocycles. The van der Waals surface area contributed by atoms with Crippen molar-refractivity contribution in [3.63, 3.8) is 0 Å². The third-order valence-electron chi connectivity index (χ3n) is 3.73. The molecule has 0 bridgehead atoms. The van der Waals surface area contributed by atoms with Crippen LogP contribution in [0, 0.1) is 12.8 Å². The number of rotatable bonds is 11. The van der Waals surface area contributed by atoms with Crippen LogP contribution in [-0.2, 0) is 11.2 Å². The number of nitrogens with one attached hydrogen (secondary N) is 1. The van der Waals surface area contributed by atoms with Crippen LogP contribution in [0.3, 0.4) is 0 Å². The Morgan fingerprint density at radius 3 is 2.74 bits per heavy atom. The molecule has 0 saturated carbocycles. The predicted molar refractivity (Wildman–Crippen MR) is 137 cm³/mol. The maximum atomic E-state index is 5.20. The van der Waals surface area contributed by atoms with Gasteiger partial charge in [0.05, 0.1) is 25.5 Å². The Morgan fingerprint density at radius 2 is 2.10 bits per heavy atom. The molecule has 0 aliphatic carbocycles. The molecule has 0 radical (unpaired) electrons. The Bertz CT molecular complexity index is 880. The molecule has 0 unspecified atom stereocenters. The molecule has 1 N–H and O–H groups in total. The van der Waals surface area contributed by atoms with Gasteiger partial charge in [-0.3, -0.25) is 4.99 Å². The maximum absolute atomic E-state index is 5.20. The molecule has 0 aromatic carbocycles. The van der Waals surface area contributed by atoms with E-state index < -0.39 is 0 Å². The fraction of sp³-hybridized carbons (Fsp3) is 0.375. The first-order valence-corrected chi connectivity index (χ1v) is 11.1. The van der Waals surface area contributed by atoms with Crippen LogP contribution in [0.4, 0.5) is 5.82 Å². The van der Waals surface area contributed by atoms with Crippen molar-refractivity contribution in [2.24, 2.45) is 4.99 Å². The molecule has 2 heterocycles. The third-order valence-corrected chi connectivity index (χ3v) is 4.53. The maximum Gasteiger partial charge on any atom is 0.153 e. The van der Waals surface area contributed by atoms with E-state index in [2.05, 4.69) is 58.2 Å². The summed E-state index contributed by atoms with van der Waals surface area (Å²) >= 11 is 1.63. The van der Waals surface area contributed by atoms with E-state index in [0.29, 0.717) is 19.5 Å². The van der Waals surface area contributed by atoms with Gasteiger partial charge in [-0.05, 0) is 37.0 Å². The lowest BCUT2D eigenvalue weighted by atomic mass is 10.3. The molecule has 0 fully saturated rings. The molecule has 2 aromatic heterocycles. The number of imidazole rings is 1. The second kappa shape index (κ2) is 17.8. The lowest BCUT2D eigenvalue weighted by Crippen LogP contribution is -2.07. The van der Waals surface area contributed by atoms with Gasteiger partial charge in [-0.15, -0.1) is 29.7 Å². The Morgan fingerprint density at radius 1 is 1.35 bits per heavy atom. The van der Waals surface area contributed by atoms with Gasteiger partial charge in [0.25, 0.3) is 0 Å². The summed E-state index contributed by atoms with van der Waals surface area (Å²) in [6.45, 7) is 13.3. The molecule has 2 rings (SSSR count). The van der Waals surface area contributed by atoms with Crippen molar-refractivity contribution < 1.29 is 4.74 Å². The Balaban J connectivity index is 0.00000212. The zero-order valence-corrected chi connectivity index (χ0v) is 20.2. The van der Waals surface area contributed by atoms with E-state index in [1.165, 1.54) is 0 Å². The summed E-state index contributed by atoms with van der Waals surface area (Å²) in [5.41, 5.74) is 1.80. The number of terminal acetylenes is 1. The van der Waals surface area contributed by atoms with E-state index in [9.17, 15) is 0 Å². The molecule has 0 aliphatic rings. The van der Waals surface area contributed by atoms with Crippen molar-refractivity contribution in [2.45, 2.75) is 40.5 Å². The first-order chi connectivity index (χ1) is 15.2. The first kappa shape index (κ1) is 28.0. The van der Waals surface area contributed by atoms with Gasteiger partial charge in [0.2, 0.25) is 0 Å². The van der Waals surface area contributed by atoms with Gasteiger partial charge in [-0.25, -0.2) is 9.50 Å². The molecule has 31 heavy (non-hydrogen) atoms. The molecule has 0 spiro atoms. The summed E-state index contributed by atoms with van der Waals surface area (Å²) in [5, 5.41) is 10.00. The third kappa shape index (κ3) is 10.6. The van der Waals surface area contributed by atoms with Crippen LogP contribution in [0.15, 0.2) is 58.1 Å². The van der Waals surface area contributed by atoms with Crippen molar-refractivity contribution in [3.8, 4) is 12.8 Å². The highest BCUT2D eigenvalue weighted by Crippen LogP contribution is 2.16. The highest BCUT2D eigenvalue weighted by atomic mass is 32.2. The van der Waals surface area contributed by atoms with Crippen LogP contribution in [0.25, 0.3) is 5.65 Å². The van der Waals surface area contributed by atoms with Crippen molar-refractivity contribution >= 4 is 29.4 Å². The van der Waals surface area contributed by atoms with Crippen LogP contribution in [0.5, 0.6) is 0 Å². The monoisotopic (exact) mass is 441 g/mol. The van der Waals surface area contributed by atoms with Crippen molar-refractivity contribution in [3.05, 3.63) is 58.8 Å². The van der Waals surface area contributed by atoms with Crippen LogP contribution < -0.4 is 5.32 Å². The number of aliphatic imine (C=N–C) groups is 1. The van der Waals surface area contributed by atoms with Crippen molar-refractivity contribution in [1.29, 1.82) is 0 Å². The van der Waals surface area contributed by atoms with Crippen molar-refractivity contribution in [1.82, 2.24) is 14.6 Å². The average molecular weight is 442 g/mol. The number of thioether (sulfide) groups is 1. The zero-order valence-electron chi connectivity index (χ0n) is 19.3. The van der Waals surface area contributed by atoms with Crippen LogP contribution in [0.1, 0.15) is 39.8 Å². The second-order valence-electron chi connectivity index (χ2n) is 5.71. The number of allylic oxidation sites excluding steroid dienone is 2. The number of aromatic nitrogens is 3. The molecule has 7 heteroatoms. The lowest BCUT2D eigenvalue weighted by molar-refractivity contribution is 0.286. The minimum Gasteiger partial charge on any atom is -0.499 e. The fourth-order valence-corrected chi connectivity index (χ4v) is 2.85. The SMILES string of the molecule is C#C.C=C(CNc1ccc2ncc(CC=NC/C(=C\C)OC)n2n1)S/C=C\CC.CC. The number of hydrogen-bond acceptors (Lipinski definition) is 6. The van der Waals surface area contributed by atoms with E-state index in [4.69, 9.17) is 4.74 Å². The van der Waals surface area contributed by atoms with E-state index in [1.807, 2.05) is 55.9 Å². The highest BCUT2D eigenvalue weighted by molar-refractivity contribution is 8.05. The molecular formula is C24H35N5OS. The molecule has 0 aliphatic heterocycles. The average Bonchev–Trinajstić information content (AvgIpc) is 3.23. The fourth-order valence-electron chi connectivity index (χ4n) is 2.21. The summed E-state index contributed by atoms with van der Waals surface area (Å²) in [7, 11) is 1.65. The molecule has 2 aromatic rings. The van der Waals surface area contributed by atoms with E-state index in [1.54, 1.807) is 18.9 Å². The standard InChI is InChI=1S/C20H27N5OS.C2H6.C2H2/c1-5-7-12-27-16(3)13-22-19-8-9-20-23-14-17(25(20)24-19)10-11-21-15-18(6-2)26-4;2*1-2/h6-9,11-12,14H,3,5,10,13,15H2,1-2,4H3,(H,22,24);1-2H3;1-2H/b12-7-,18-6+,21-11?;;. The molecule has 168 valence electrons. The summed E-state index contributed by atoms with van der Waals surface area (Å²) in [5.74, 6) is 1.64. The summed E-state index contributed by atoms with van der Waals surface area (Å²) in [6.07, 6.45) is 17.4. The summed E-state index contributed by atoms with van der Waals surface area (Å²) in [4.78, 5) is 9.82. The normalized spacial score (nSPS) is 11.0. The second-order valence-corrected chi connectivity index (χ2v) is 6.80. The topological polar surface area (TPSA) is 63.8 Å². The van der Waals surface area contributed by atoms with Gasteiger partial charge in [-0.2, -0.15) is 0 Å². The Hall–Kier alpha value is -2.98. The number of anilines is 1. The number of ether oxygens (including phenoxy) is 1. The number of fused-ring (bicyclic) bond motifs is 1. The Kier molecular flexibility index (Phi) is 16.1. The minimum absolute atomic E-state index is 0.538. The van der Waals surface area contributed by atoms with E-state index in [0.717, 1.165) is 34.2 Å². The summed E-state index contributed by atoms with van der Waals surface area (Å²) < 4.78 is 7.04. The van der Waals surface area contributed by atoms with Crippen LogP contribution in [0.2, 0.25) is 0 Å². The van der Waals surface area contributed by atoms with Crippen molar-refractivity contribution in [2.75, 3.05) is 25.5 Å². The molecule has 6 nitrogen and oxygen atoms in total. The lowest BCUT2D eigenvalue weighted by Gasteiger charge is -2.07. The smallest absolute Gasteiger partial charge is 0.153 e. The van der Waals surface area contributed by atoms with E-state index >= 15 is 0 Å². The van der Waals surface area contributed by atoms with Gasteiger partial charge < -0.3 is 10.1 Å². The summed E-state index contributed by atoms with van der Waals surface area (Å²) in [6, 6.07) is 3.88. The quantitative estimate of drug-likeness (QED) is 0.273. The molecular weight excluding hydrogens is 406 g/mol.